The molecule has 1 fully saturated rings. The zero-order valence-electron chi connectivity index (χ0n) is 21.5. The molecule has 0 spiro atoms. The number of carbonyl (C=O) groups is 2. The Hall–Kier alpha value is -4.06. The van der Waals surface area contributed by atoms with Crippen molar-refractivity contribution >= 4 is 23.1 Å². The molecule has 5 rings (SSSR count). The van der Waals surface area contributed by atoms with Crippen LogP contribution >= 0.6 is 0 Å². The molecule has 3 aromatic carbocycles. The van der Waals surface area contributed by atoms with Crippen LogP contribution in [-0.2, 0) is 16.0 Å². The molecule has 1 unspecified atom stereocenters. The van der Waals surface area contributed by atoms with E-state index in [1.54, 1.807) is 12.1 Å². The smallest absolute Gasteiger partial charge is 0.300 e. The van der Waals surface area contributed by atoms with Crippen molar-refractivity contribution in [3.8, 4) is 11.5 Å². The van der Waals surface area contributed by atoms with Crippen molar-refractivity contribution in [2.24, 2.45) is 0 Å². The van der Waals surface area contributed by atoms with E-state index >= 15 is 0 Å². The molecule has 1 amide bonds. The van der Waals surface area contributed by atoms with Crippen molar-refractivity contribution < 1.29 is 24.2 Å². The van der Waals surface area contributed by atoms with Gasteiger partial charge in [0.15, 0.2) is 0 Å². The van der Waals surface area contributed by atoms with Gasteiger partial charge in [0.1, 0.15) is 17.3 Å². The lowest BCUT2D eigenvalue weighted by molar-refractivity contribution is -0.132. The molecule has 1 N–H and O–H groups in total. The minimum absolute atomic E-state index is 0.0137. The van der Waals surface area contributed by atoms with Gasteiger partial charge in [0, 0.05) is 17.7 Å². The lowest BCUT2D eigenvalue weighted by Crippen LogP contribution is -2.29. The Bertz CT molecular complexity index is 1370. The Morgan fingerprint density at radius 1 is 0.973 bits per heavy atom. The van der Waals surface area contributed by atoms with Gasteiger partial charge in [0.05, 0.1) is 24.3 Å². The fraction of sp³-hybridized carbons (Fsp3) is 0.290. The van der Waals surface area contributed by atoms with Gasteiger partial charge in [-0.05, 0) is 78.9 Å². The van der Waals surface area contributed by atoms with E-state index in [1.165, 1.54) is 4.90 Å². The Morgan fingerprint density at radius 3 is 2.32 bits per heavy atom. The molecule has 0 radical (unpaired) electrons. The molecule has 0 saturated carbocycles. The maximum absolute atomic E-state index is 13.5. The van der Waals surface area contributed by atoms with Crippen LogP contribution in [0.15, 0.2) is 72.3 Å². The van der Waals surface area contributed by atoms with Crippen LogP contribution < -0.4 is 14.4 Å². The van der Waals surface area contributed by atoms with E-state index in [-0.39, 0.29) is 17.4 Å². The highest BCUT2D eigenvalue weighted by Crippen LogP contribution is 2.43. The number of ketones is 1. The second kappa shape index (κ2) is 9.77. The summed E-state index contributed by atoms with van der Waals surface area (Å²) in [5.41, 5.74) is 3.95. The number of nitrogens with zero attached hydrogens (tertiary/aromatic N) is 1. The van der Waals surface area contributed by atoms with Gasteiger partial charge in [-0.25, -0.2) is 0 Å². The molecule has 0 aromatic heterocycles. The topological polar surface area (TPSA) is 76.1 Å². The van der Waals surface area contributed by atoms with Crippen molar-refractivity contribution in [1.29, 1.82) is 0 Å². The fourth-order valence-electron chi connectivity index (χ4n) is 4.92. The molecule has 190 valence electrons. The zero-order chi connectivity index (χ0) is 26.3. The number of hydrogen-bond donors (Lipinski definition) is 1. The third-order valence-corrected chi connectivity index (χ3v) is 6.81. The van der Waals surface area contributed by atoms with E-state index in [0.717, 1.165) is 23.3 Å². The molecule has 3 aromatic rings. The lowest BCUT2D eigenvalue weighted by Gasteiger charge is -2.26. The summed E-state index contributed by atoms with van der Waals surface area (Å²) < 4.78 is 11.4. The van der Waals surface area contributed by atoms with Crippen LogP contribution in [0.25, 0.3) is 5.76 Å². The Morgan fingerprint density at radius 2 is 1.68 bits per heavy atom. The molecule has 6 nitrogen and oxygen atoms in total. The summed E-state index contributed by atoms with van der Waals surface area (Å²) in [5.74, 6) is 0.222. The first-order chi connectivity index (χ1) is 17.7. The van der Waals surface area contributed by atoms with Gasteiger partial charge in [0.2, 0.25) is 0 Å². The first kappa shape index (κ1) is 24.6. The summed E-state index contributed by atoms with van der Waals surface area (Å²) >= 11 is 0. The largest absolute Gasteiger partial charge is 0.507 e. The van der Waals surface area contributed by atoms with Crippen LogP contribution in [0.1, 0.15) is 61.9 Å². The van der Waals surface area contributed by atoms with E-state index in [0.29, 0.717) is 35.1 Å². The molecular formula is C31H31NO5. The molecule has 1 atom stereocenters. The standard InChI is InChI=1S/C31H31NO5/c1-18(2)20-5-10-24(11-6-20)32-28(21-7-12-25(13-8-21)37-19(3)4)27(30(34)31(32)35)29(33)23-9-14-26-22(17-23)15-16-36-26/h5-14,17-19,28,33H,15-16H2,1-4H3/b29-27-. The van der Waals surface area contributed by atoms with Crippen molar-refractivity contribution in [3.63, 3.8) is 0 Å². The van der Waals surface area contributed by atoms with Gasteiger partial charge in [-0.3, -0.25) is 14.5 Å². The first-order valence-electron chi connectivity index (χ1n) is 12.7. The van der Waals surface area contributed by atoms with Crippen LogP contribution in [-0.4, -0.2) is 29.5 Å². The van der Waals surface area contributed by atoms with Crippen molar-refractivity contribution in [1.82, 2.24) is 0 Å². The SMILES string of the molecule is CC(C)Oc1ccc(C2/C(=C(/O)c3ccc4c(c3)CCO4)C(=O)C(=O)N2c2ccc(C(C)C)cc2)cc1. The normalized spacial score (nSPS) is 18.4. The molecule has 37 heavy (non-hydrogen) atoms. The Kier molecular flexibility index (Phi) is 6.50. The summed E-state index contributed by atoms with van der Waals surface area (Å²) in [7, 11) is 0. The number of aliphatic hydroxyl groups excluding tert-OH is 1. The third-order valence-electron chi connectivity index (χ3n) is 6.81. The lowest BCUT2D eigenvalue weighted by atomic mass is 9.94. The molecule has 2 aliphatic heterocycles. The van der Waals surface area contributed by atoms with Crippen molar-refractivity contribution in [2.45, 2.75) is 52.2 Å². The highest BCUT2D eigenvalue weighted by Gasteiger charge is 2.47. The minimum Gasteiger partial charge on any atom is -0.507 e. The van der Waals surface area contributed by atoms with E-state index in [1.807, 2.05) is 68.4 Å². The number of aliphatic hydroxyl groups is 1. The third kappa shape index (κ3) is 4.59. The Labute approximate surface area is 217 Å². The van der Waals surface area contributed by atoms with Gasteiger partial charge < -0.3 is 14.6 Å². The molecule has 6 heteroatoms. The first-order valence-corrected chi connectivity index (χ1v) is 12.7. The van der Waals surface area contributed by atoms with Gasteiger partial charge in [-0.1, -0.05) is 38.1 Å². The van der Waals surface area contributed by atoms with E-state index in [2.05, 4.69) is 13.8 Å². The molecule has 2 aliphatic rings. The van der Waals surface area contributed by atoms with Crippen molar-refractivity contribution in [3.05, 3.63) is 94.6 Å². The number of Topliss-reactive ketones (excluding diaryl/α,β-unsaturated/α-hetero) is 1. The quantitative estimate of drug-likeness (QED) is 0.251. The van der Waals surface area contributed by atoms with Crippen LogP contribution in [0.5, 0.6) is 11.5 Å². The van der Waals surface area contributed by atoms with Gasteiger partial charge in [0.25, 0.3) is 11.7 Å². The van der Waals surface area contributed by atoms with E-state index < -0.39 is 17.7 Å². The number of amides is 1. The Balaban J connectivity index is 1.64. The minimum atomic E-state index is -0.789. The molecule has 0 aliphatic carbocycles. The number of anilines is 1. The van der Waals surface area contributed by atoms with Crippen LogP contribution in [0, 0.1) is 0 Å². The van der Waals surface area contributed by atoms with Gasteiger partial charge >= 0.3 is 0 Å². The van der Waals surface area contributed by atoms with Crippen LogP contribution in [0.2, 0.25) is 0 Å². The fourth-order valence-corrected chi connectivity index (χ4v) is 4.92. The summed E-state index contributed by atoms with van der Waals surface area (Å²) in [6, 6.07) is 19.5. The number of ether oxygens (including phenoxy) is 2. The van der Waals surface area contributed by atoms with Crippen LogP contribution in [0.4, 0.5) is 5.69 Å². The molecular weight excluding hydrogens is 466 g/mol. The molecule has 2 heterocycles. The van der Waals surface area contributed by atoms with E-state index in [4.69, 9.17) is 9.47 Å². The molecule has 1 saturated heterocycles. The number of rotatable bonds is 6. The average molecular weight is 498 g/mol. The van der Waals surface area contributed by atoms with Crippen molar-refractivity contribution in [2.75, 3.05) is 11.5 Å². The van der Waals surface area contributed by atoms with Gasteiger partial charge in [-0.2, -0.15) is 0 Å². The maximum atomic E-state index is 13.5. The monoisotopic (exact) mass is 497 g/mol. The second-order valence-corrected chi connectivity index (χ2v) is 10.1. The predicted octanol–water partition coefficient (Wildman–Crippen LogP) is 6.16. The average Bonchev–Trinajstić information content (AvgIpc) is 3.46. The van der Waals surface area contributed by atoms with Gasteiger partial charge in [-0.15, -0.1) is 0 Å². The predicted molar refractivity (Wildman–Crippen MR) is 143 cm³/mol. The second-order valence-electron chi connectivity index (χ2n) is 10.1. The highest BCUT2D eigenvalue weighted by molar-refractivity contribution is 6.51. The molecule has 0 bridgehead atoms. The maximum Gasteiger partial charge on any atom is 0.300 e. The number of fused-ring (bicyclic) bond motifs is 1. The summed E-state index contributed by atoms with van der Waals surface area (Å²) in [6.45, 7) is 8.69. The number of hydrogen-bond acceptors (Lipinski definition) is 5. The number of carbonyl (C=O) groups excluding carboxylic acids is 2. The summed E-state index contributed by atoms with van der Waals surface area (Å²) in [4.78, 5) is 28.4. The highest BCUT2D eigenvalue weighted by atomic mass is 16.5. The van der Waals surface area contributed by atoms with E-state index in [9.17, 15) is 14.7 Å². The summed E-state index contributed by atoms with van der Waals surface area (Å²) in [5, 5.41) is 11.4. The number of benzene rings is 3. The zero-order valence-corrected chi connectivity index (χ0v) is 21.5. The summed E-state index contributed by atoms with van der Waals surface area (Å²) in [6.07, 6.45) is 0.744. The van der Waals surface area contributed by atoms with Crippen LogP contribution in [0.3, 0.4) is 0 Å².